The zero-order valence-electron chi connectivity index (χ0n) is 17.0. The van der Waals surface area contributed by atoms with E-state index in [1.807, 2.05) is 32.1 Å². The fourth-order valence-electron chi connectivity index (χ4n) is 3.76. The summed E-state index contributed by atoms with van der Waals surface area (Å²) in [5.41, 5.74) is 7.44. The summed E-state index contributed by atoms with van der Waals surface area (Å²) in [6, 6.07) is 12.8. The number of aromatic carboxylic acids is 1. The summed E-state index contributed by atoms with van der Waals surface area (Å²) in [5, 5.41) is 13.6. The molecule has 4 rings (SSSR count). The Kier molecular flexibility index (Phi) is 5.25. The van der Waals surface area contributed by atoms with E-state index < -0.39 is 11.9 Å². The molecule has 0 unspecified atom stereocenters. The Morgan fingerprint density at radius 2 is 1.84 bits per heavy atom. The maximum atomic E-state index is 13.5. The third-order valence-electron chi connectivity index (χ3n) is 5.30. The SMILES string of the molecule is Cc1ccc(C)n1-c1cc(C(=O)N/N=C/C2=CCc3ccc(F)cc32)ccc1C(=O)O. The fraction of sp³-hybridized carbons (Fsp3) is 0.125. The number of carbonyl (C=O) groups excluding carboxylic acids is 1. The van der Waals surface area contributed by atoms with Gasteiger partial charge in [0.05, 0.1) is 17.5 Å². The second-order valence-electron chi connectivity index (χ2n) is 7.35. The van der Waals surface area contributed by atoms with Crippen LogP contribution in [-0.2, 0) is 6.42 Å². The van der Waals surface area contributed by atoms with E-state index in [0.717, 1.165) is 28.1 Å². The number of allylic oxidation sites excluding steroid dienone is 2. The first-order valence-corrected chi connectivity index (χ1v) is 9.70. The van der Waals surface area contributed by atoms with E-state index in [-0.39, 0.29) is 16.9 Å². The minimum atomic E-state index is -1.08. The van der Waals surface area contributed by atoms with Crippen LogP contribution in [0.2, 0.25) is 0 Å². The first-order chi connectivity index (χ1) is 14.8. The molecule has 31 heavy (non-hydrogen) atoms. The van der Waals surface area contributed by atoms with Crippen molar-refractivity contribution in [3.05, 3.63) is 94.1 Å². The second kappa shape index (κ2) is 8.02. The van der Waals surface area contributed by atoms with Crippen molar-refractivity contribution in [1.82, 2.24) is 9.99 Å². The molecule has 0 saturated heterocycles. The summed E-state index contributed by atoms with van der Waals surface area (Å²) >= 11 is 0. The lowest BCUT2D eigenvalue weighted by atomic mass is 10.1. The highest BCUT2D eigenvalue weighted by Crippen LogP contribution is 2.27. The summed E-state index contributed by atoms with van der Waals surface area (Å²) in [6.07, 6.45) is 4.08. The number of carbonyl (C=O) groups is 2. The van der Waals surface area contributed by atoms with E-state index in [2.05, 4.69) is 10.5 Å². The molecule has 0 fully saturated rings. The molecule has 0 aliphatic heterocycles. The van der Waals surface area contributed by atoms with Gasteiger partial charge in [-0.3, -0.25) is 4.79 Å². The molecule has 0 radical (unpaired) electrons. The number of benzene rings is 2. The maximum Gasteiger partial charge on any atom is 0.337 e. The molecular formula is C24H20FN3O3. The zero-order chi connectivity index (χ0) is 22.1. The van der Waals surface area contributed by atoms with Gasteiger partial charge in [-0.25, -0.2) is 14.6 Å². The van der Waals surface area contributed by atoms with Gasteiger partial charge in [0, 0.05) is 17.0 Å². The van der Waals surface area contributed by atoms with Crippen LogP contribution >= 0.6 is 0 Å². The molecule has 1 heterocycles. The van der Waals surface area contributed by atoms with Crippen LogP contribution in [0.25, 0.3) is 11.3 Å². The van der Waals surface area contributed by atoms with Crippen molar-refractivity contribution in [2.45, 2.75) is 20.3 Å². The molecule has 1 amide bonds. The van der Waals surface area contributed by atoms with Gasteiger partial charge in [-0.1, -0.05) is 12.1 Å². The number of rotatable bonds is 5. The topological polar surface area (TPSA) is 83.7 Å². The number of aryl methyl sites for hydroxylation is 2. The van der Waals surface area contributed by atoms with Gasteiger partial charge >= 0.3 is 5.97 Å². The predicted molar refractivity (Wildman–Crippen MR) is 116 cm³/mol. The normalized spacial score (nSPS) is 12.7. The number of hydrogen-bond acceptors (Lipinski definition) is 3. The number of carboxylic acids is 1. The molecule has 1 aromatic heterocycles. The van der Waals surface area contributed by atoms with Crippen LogP contribution in [0.1, 0.15) is 43.2 Å². The van der Waals surface area contributed by atoms with Crippen molar-refractivity contribution in [2.24, 2.45) is 5.10 Å². The fourth-order valence-corrected chi connectivity index (χ4v) is 3.76. The van der Waals surface area contributed by atoms with Gasteiger partial charge in [0.15, 0.2) is 0 Å². The zero-order valence-corrected chi connectivity index (χ0v) is 17.0. The standard InChI is InChI=1S/C24H20FN3O3/c1-14-3-4-15(2)28(14)22-11-17(8-10-20(22)24(30)31)23(29)27-26-13-18-6-5-16-7-9-19(25)12-21(16)18/h3-4,6-13H,5H2,1-2H3,(H,27,29)(H,30,31)/b26-13+. The van der Waals surface area contributed by atoms with Crippen LogP contribution in [0.3, 0.4) is 0 Å². The molecule has 156 valence electrons. The highest BCUT2D eigenvalue weighted by molar-refractivity contribution is 6.12. The minimum absolute atomic E-state index is 0.0946. The number of amides is 1. The van der Waals surface area contributed by atoms with Crippen LogP contribution in [0.4, 0.5) is 4.39 Å². The maximum absolute atomic E-state index is 13.5. The molecule has 0 spiro atoms. The molecule has 7 heteroatoms. The van der Waals surface area contributed by atoms with Gasteiger partial charge in [-0.15, -0.1) is 0 Å². The van der Waals surface area contributed by atoms with Gasteiger partial charge in [0.1, 0.15) is 5.82 Å². The van der Waals surface area contributed by atoms with Crippen molar-refractivity contribution in [3.8, 4) is 5.69 Å². The number of nitrogens with one attached hydrogen (secondary N) is 1. The molecule has 2 N–H and O–H groups in total. The van der Waals surface area contributed by atoms with Crippen LogP contribution < -0.4 is 5.43 Å². The van der Waals surface area contributed by atoms with Crippen molar-refractivity contribution in [3.63, 3.8) is 0 Å². The minimum Gasteiger partial charge on any atom is -0.478 e. The largest absolute Gasteiger partial charge is 0.478 e. The second-order valence-corrected chi connectivity index (χ2v) is 7.35. The van der Waals surface area contributed by atoms with E-state index in [1.165, 1.54) is 36.5 Å². The summed E-state index contributed by atoms with van der Waals surface area (Å²) in [4.78, 5) is 24.3. The molecule has 6 nitrogen and oxygen atoms in total. The lowest BCUT2D eigenvalue weighted by Gasteiger charge is -2.14. The molecule has 0 bridgehead atoms. The number of aromatic nitrogens is 1. The van der Waals surface area contributed by atoms with Gasteiger partial charge in [-0.05, 0) is 79.4 Å². The number of hydrazone groups is 1. The van der Waals surface area contributed by atoms with Crippen molar-refractivity contribution < 1.29 is 19.1 Å². The number of hydrogen-bond donors (Lipinski definition) is 2. The van der Waals surface area contributed by atoms with Gasteiger partial charge in [0.2, 0.25) is 0 Å². The molecule has 0 saturated carbocycles. The Labute approximate surface area is 178 Å². The van der Waals surface area contributed by atoms with Crippen molar-refractivity contribution in [2.75, 3.05) is 0 Å². The molecule has 2 aromatic carbocycles. The first kappa shape index (κ1) is 20.3. The quantitative estimate of drug-likeness (QED) is 0.480. The average molecular weight is 417 g/mol. The highest BCUT2D eigenvalue weighted by atomic mass is 19.1. The summed E-state index contributed by atoms with van der Waals surface area (Å²) in [5.74, 6) is -1.88. The molecule has 3 aromatic rings. The van der Waals surface area contributed by atoms with E-state index in [0.29, 0.717) is 12.1 Å². The van der Waals surface area contributed by atoms with Crippen molar-refractivity contribution in [1.29, 1.82) is 0 Å². The van der Waals surface area contributed by atoms with Crippen LogP contribution in [0.15, 0.2) is 59.7 Å². The molecule has 1 aliphatic rings. The molecule has 0 atom stereocenters. The molecular weight excluding hydrogens is 397 g/mol. The van der Waals surface area contributed by atoms with Gasteiger partial charge in [-0.2, -0.15) is 5.10 Å². The Hall–Kier alpha value is -4.00. The Balaban J connectivity index is 1.58. The lowest BCUT2D eigenvalue weighted by molar-refractivity contribution is 0.0696. The molecule has 1 aliphatic carbocycles. The highest BCUT2D eigenvalue weighted by Gasteiger charge is 2.18. The van der Waals surface area contributed by atoms with Crippen LogP contribution in [0, 0.1) is 19.7 Å². The van der Waals surface area contributed by atoms with Gasteiger partial charge in [0.25, 0.3) is 5.91 Å². The number of carboxylic acid groups (broad SMARTS) is 1. The monoisotopic (exact) mass is 417 g/mol. The number of fused-ring (bicyclic) bond motifs is 1. The van der Waals surface area contributed by atoms with Gasteiger partial charge < -0.3 is 9.67 Å². The Morgan fingerprint density at radius 3 is 2.55 bits per heavy atom. The number of halogens is 1. The Morgan fingerprint density at radius 1 is 1.10 bits per heavy atom. The Bertz CT molecular complexity index is 1250. The van der Waals surface area contributed by atoms with E-state index in [1.54, 1.807) is 10.6 Å². The third kappa shape index (κ3) is 3.90. The number of nitrogens with zero attached hydrogens (tertiary/aromatic N) is 2. The summed E-state index contributed by atoms with van der Waals surface area (Å²) in [6.45, 7) is 3.73. The third-order valence-corrected chi connectivity index (χ3v) is 5.30. The smallest absolute Gasteiger partial charge is 0.337 e. The van der Waals surface area contributed by atoms with E-state index in [9.17, 15) is 19.1 Å². The van der Waals surface area contributed by atoms with Crippen molar-refractivity contribution >= 4 is 23.7 Å². The summed E-state index contributed by atoms with van der Waals surface area (Å²) < 4.78 is 15.3. The lowest BCUT2D eigenvalue weighted by Crippen LogP contribution is -2.19. The van der Waals surface area contributed by atoms with Crippen LogP contribution in [-0.4, -0.2) is 27.8 Å². The van der Waals surface area contributed by atoms with Crippen LogP contribution in [0.5, 0.6) is 0 Å². The summed E-state index contributed by atoms with van der Waals surface area (Å²) in [7, 11) is 0. The predicted octanol–water partition coefficient (Wildman–Crippen LogP) is 4.29. The van der Waals surface area contributed by atoms with E-state index in [4.69, 9.17) is 0 Å². The average Bonchev–Trinajstić information content (AvgIpc) is 3.29. The van der Waals surface area contributed by atoms with E-state index >= 15 is 0 Å². The first-order valence-electron chi connectivity index (χ1n) is 9.70.